The summed E-state index contributed by atoms with van der Waals surface area (Å²) in [4.78, 5) is 12.3. The highest BCUT2D eigenvalue weighted by Gasteiger charge is 2.41. The average Bonchev–Trinajstić information content (AvgIpc) is 2.67. The smallest absolute Gasteiger partial charge is 0.268 e. The van der Waals surface area contributed by atoms with Crippen LogP contribution in [0.3, 0.4) is 0 Å². The molecule has 0 bridgehead atoms. The third-order valence-electron chi connectivity index (χ3n) is 3.05. The average molecular weight is 284 g/mol. The van der Waals surface area contributed by atoms with Crippen LogP contribution in [-0.2, 0) is 10.0 Å². The van der Waals surface area contributed by atoms with Crippen LogP contribution in [0, 0.1) is 11.3 Å². The first-order valence-electron chi connectivity index (χ1n) is 5.74. The lowest BCUT2D eigenvalue weighted by atomic mass is 10.2. The molecule has 3 rings (SSSR count). The zero-order valence-corrected chi connectivity index (χ0v) is 11.0. The van der Waals surface area contributed by atoms with Gasteiger partial charge in [-0.15, -0.1) is 0 Å². The van der Waals surface area contributed by atoms with Gasteiger partial charge in [0.15, 0.2) is 0 Å². The molecule has 5 nitrogen and oxygen atoms in total. The molecule has 0 fully saturated rings. The second-order valence-corrected chi connectivity index (χ2v) is 5.98. The summed E-state index contributed by atoms with van der Waals surface area (Å²) in [5.74, 6) is -0.578. The Morgan fingerprint density at radius 3 is 2.25 bits per heavy atom. The monoisotopic (exact) mass is 284 g/mol. The number of nitrogens with zero attached hydrogens (tertiary/aromatic N) is 2. The molecule has 20 heavy (non-hydrogen) atoms. The van der Waals surface area contributed by atoms with E-state index in [1.54, 1.807) is 12.1 Å². The van der Waals surface area contributed by atoms with E-state index >= 15 is 0 Å². The zero-order valence-electron chi connectivity index (χ0n) is 10.1. The Bertz CT molecular complexity index is 849. The van der Waals surface area contributed by atoms with E-state index in [9.17, 15) is 13.2 Å². The highest BCUT2D eigenvalue weighted by atomic mass is 32.2. The second-order valence-electron chi connectivity index (χ2n) is 4.23. The first-order chi connectivity index (χ1) is 9.55. The number of hydrogen-bond acceptors (Lipinski definition) is 4. The van der Waals surface area contributed by atoms with E-state index < -0.39 is 15.9 Å². The standard InChI is InChI=1S/C14H8N2O3S/c15-9-10-5-7-11(8-6-10)16-14(17)12-3-1-2-4-13(12)20(16,18)19/h1-8H. The predicted molar refractivity (Wildman–Crippen MR) is 71.6 cm³/mol. The van der Waals surface area contributed by atoms with Crippen molar-refractivity contribution in [1.29, 1.82) is 5.26 Å². The van der Waals surface area contributed by atoms with Gasteiger partial charge in [-0.25, -0.2) is 8.42 Å². The van der Waals surface area contributed by atoms with Crippen molar-refractivity contribution in [2.24, 2.45) is 0 Å². The van der Waals surface area contributed by atoms with Crippen molar-refractivity contribution in [3.63, 3.8) is 0 Å². The lowest BCUT2D eigenvalue weighted by molar-refractivity contribution is 0.101. The van der Waals surface area contributed by atoms with Gasteiger partial charge in [-0.3, -0.25) is 4.79 Å². The van der Waals surface area contributed by atoms with Crippen molar-refractivity contribution in [3.05, 3.63) is 59.7 Å². The van der Waals surface area contributed by atoms with Gasteiger partial charge in [-0.1, -0.05) is 12.1 Å². The number of amides is 1. The summed E-state index contributed by atoms with van der Waals surface area (Å²) in [6.07, 6.45) is 0. The summed E-state index contributed by atoms with van der Waals surface area (Å²) in [6, 6.07) is 13.9. The molecule has 0 aliphatic carbocycles. The molecule has 1 aliphatic rings. The molecule has 0 N–H and O–H groups in total. The van der Waals surface area contributed by atoms with Gasteiger partial charge < -0.3 is 0 Å². The summed E-state index contributed by atoms with van der Waals surface area (Å²) in [6.45, 7) is 0. The van der Waals surface area contributed by atoms with Crippen LogP contribution >= 0.6 is 0 Å². The number of carbonyl (C=O) groups is 1. The Labute approximate surface area is 115 Å². The minimum atomic E-state index is -3.87. The molecule has 0 saturated heterocycles. The third-order valence-corrected chi connectivity index (χ3v) is 4.82. The molecule has 1 heterocycles. The Kier molecular flexibility index (Phi) is 2.59. The number of sulfonamides is 1. The molecular formula is C14H8N2O3S. The maximum Gasteiger partial charge on any atom is 0.273 e. The molecule has 98 valence electrons. The van der Waals surface area contributed by atoms with Crippen LogP contribution in [0.4, 0.5) is 5.69 Å². The molecule has 0 unspecified atom stereocenters. The van der Waals surface area contributed by atoms with Gasteiger partial charge in [0, 0.05) is 0 Å². The van der Waals surface area contributed by atoms with Crippen molar-refractivity contribution in [2.45, 2.75) is 4.90 Å². The van der Waals surface area contributed by atoms with Crippen molar-refractivity contribution < 1.29 is 13.2 Å². The molecule has 6 heteroatoms. The van der Waals surface area contributed by atoms with Crippen molar-refractivity contribution >= 4 is 21.6 Å². The van der Waals surface area contributed by atoms with Gasteiger partial charge in [0.2, 0.25) is 0 Å². The Hall–Kier alpha value is -2.65. The molecule has 2 aromatic rings. The van der Waals surface area contributed by atoms with E-state index in [0.29, 0.717) is 5.56 Å². The maximum atomic E-state index is 12.4. The molecule has 0 radical (unpaired) electrons. The minimum Gasteiger partial charge on any atom is -0.268 e. The van der Waals surface area contributed by atoms with Crippen molar-refractivity contribution in [3.8, 4) is 6.07 Å². The van der Waals surface area contributed by atoms with E-state index in [1.807, 2.05) is 6.07 Å². The third kappa shape index (κ3) is 1.61. The fourth-order valence-corrected chi connectivity index (χ4v) is 3.71. The van der Waals surface area contributed by atoms with Gasteiger partial charge in [-0.2, -0.15) is 9.57 Å². The lowest BCUT2D eigenvalue weighted by Crippen LogP contribution is -2.29. The first kappa shape index (κ1) is 12.4. The lowest BCUT2D eigenvalue weighted by Gasteiger charge is -2.14. The quantitative estimate of drug-likeness (QED) is 0.801. The van der Waals surface area contributed by atoms with E-state index in [1.165, 1.54) is 36.4 Å². The van der Waals surface area contributed by atoms with Crippen LogP contribution in [0.1, 0.15) is 15.9 Å². The zero-order chi connectivity index (χ0) is 14.3. The summed E-state index contributed by atoms with van der Waals surface area (Å²) in [5.41, 5.74) is 0.789. The predicted octanol–water partition coefficient (Wildman–Crippen LogP) is 1.91. The molecule has 0 aromatic heterocycles. The molecule has 0 spiro atoms. The van der Waals surface area contributed by atoms with Crippen LogP contribution in [0.5, 0.6) is 0 Å². The Balaban J connectivity index is 2.17. The number of carbonyl (C=O) groups excluding carboxylic acids is 1. The van der Waals surface area contributed by atoms with Crippen LogP contribution in [0.2, 0.25) is 0 Å². The fourth-order valence-electron chi connectivity index (χ4n) is 2.11. The van der Waals surface area contributed by atoms with E-state index in [-0.39, 0.29) is 16.1 Å². The molecular weight excluding hydrogens is 276 g/mol. The number of anilines is 1. The van der Waals surface area contributed by atoms with Crippen molar-refractivity contribution in [2.75, 3.05) is 4.31 Å². The number of benzene rings is 2. The SMILES string of the molecule is N#Cc1ccc(N2C(=O)c3ccccc3S2(=O)=O)cc1. The molecule has 1 amide bonds. The van der Waals surface area contributed by atoms with E-state index in [0.717, 1.165) is 4.31 Å². The van der Waals surface area contributed by atoms with E-state index in [2.05, 4.69) is 0 Å². The Morgan fingerprint density at radius 1 is 1.00 bits per heavy atom. The Morgan fingerprint density at radius 2 is 1.65 bits per heavy atom. The normalized spacial score (nSPS) is 15.8. The molecule has 0 atom stereocenters. The highest BCUT2D eigenvalue weighted by molar-refractivity contribution is 7.94. The summed E-state index contributed by atoms with van der Waals surface area (Å²) < 4.78 is 25.5. The summed E-state index contributed by atoms with van der Waals surface area (Å²) >= 11 is 0. The van der Waals surface area contributed by atoms with Crippen LogP contribution in [0.15, 0.2) is 53.4 Å². The van der Waals surface area contributed by atoms with E-state index in [4.69, 9.17) is 5.26 Å². The van der Waals surface area contributed by atoms with Crippen molar-refractivity contribution in [1.82, 2.24) is 0 Å². The van der Waals surface area contributed by atoms with Gasteiger partial charge in [0.05, 0.1) is 22.9 Å². The van der Waals surface area contributed by atoms with Gasteiger partial charge in [-0.05, 0) is 36.4 Å². The molecule has 1 aliphatic heterocycles. The van der Waals surface area contributed by atoms with Gasteiger partial charge >= 0.3 is 0 Å². The number of hydrogen-bond donors (Lipinski definition) is 0. The summed E-state index contributed by atoms with van der Waals surface area (Å²) in [7, 11) is -3.87. The van der Waals surface area contributed by atoms with Crippen LogP contribution in [-0.4, -0.2) is 14.3 Å². The van der Waals surface area contributed by atoms with Gasteiger partial charge in [0.25, 0.3) is 15.9 Å². The fraction of sp³-hybridized carbons (Fsp3) is 0. The maximum absolute atomic E-state index is 12.4. The van der Waals surface area contributed by atoms with Crippen LogP contribution < -0.4 is 4.31 Å². The highest BCUT2D eigenvalue weighted by Crippen LogP contribution is 2.34. The summed E-state index contributed by atoms with van der Waals surface area (Å²) in [5, 5.41) is 8.74. The number of fused-ring (bicyclic) bond motifs is 1. The molecule has 0 saturated carbocycles. The second kappa shape index (κ2) is 4.18. The minimum absolute atomic E-state index is 0.00867. The topological polar surface area (TPSA) is 78.2 Å². The number of rotatable bonds is 1. The largest absolute Gasteiger partial charge is 0.273 e. The van der Waals surface area contributed by atoms with Gasteiger partial charge in [0.1, 0.15) is 4.90 Å². The molecule has 2 aromatic carbocycles. The van der Waals surface area contributed by atoms with Crippen LogP contribution in [0.25, 0.3) is 0 Å². The first-order valence-corrected chi connectivity index (χ1v) is 7.18. The number of nitriles is 1.